The lowest BCUT2D eigenvalue weighted by Gasteiger charge is -2.41. The van der Waals surface area contributed by atoms with E-state index < -0.39 is 21.8 Å². The van der Waals surface area contributed by atoms with Crippen LogP contribution in [0, 0.1) is 11.8 Å². The second kappa shape index (κ2) is 13.0. The van der Waals surface area contributed by atoms with Crippen molar-refractivity contribution < 1.29 is 21.6 Å². The number of hydrogen-bond acceptors (Lipinski definition) is 5. The van der Waals surface area contributed by atoms with E-state index in [1.165, 1.54) is 6.07 Å². The van der Waals surface area contributed by atoms with E-state index in [1.807, 2.05) is 32.3 Å². The van der Waals surface area contributed by atoms with Gasteiger partial charge in [0.2, 0.25) is 10.0 Å². The summed E-state index contributed by atoms with van der Waals surface area (Å²) in [6.07, 6.45) is -0.710. The minimum atomic E-state index is -4.39. The molecule has 39 heavy (non-hydrogen) atoms. The number of alkyl halides is 3. The number of rotatable bonds is 11. The lowest BCUT2D eigenvalue weighted by atomic mass is 9.72. The van der Waals surface area contributed by atoms with Gasteiger partial charge in [-0.05, 0) is 99.8 Å². The zero-order valence-corrected chi connectivity index (χ0v) is 23.6. The summed E-state index contributed by atoms with van der Waals surface area (Å²) in [5.41, 5.74) is 1.99. The van der Waals surface area contributed by atoms with Crippen LogP contribution in [0.25, 0.3) is 0 Å². The zero-order chi connectivity index (χ0) is 28.0. The molecule has 0 bridgehead atoms. The smallest absolute Gasteiger partial charge is 0.378 e. The molecule has 0 spiro atoms. The molecular weight excluding hydrogens is 525 g/mol. The molecule has 1 saturated carbocycles. The summed E-state index contributed by atoms with van der Waals surface area (Å²) in [6, 6.07) is 14.1. The maximum Gasteiger partial charge on any atom is 0.416 e. The number of sulfonamides is 1. The molecular formula is C29H41F3N4O2S. The molecule has 4 atom stereocenters. The molecule has 0 aromatic heterocycles. The van der Waals surface area contributed by atoms with Crippen molar-refractivity contribution in [3.05, 3.63) is 65.2 Å². The number of hydrogen-bond donors (Lipinski definition) is 3. The lowest BCUT2D eigenvalue weighted by Crippen LogP contribution is -2.33. The first-order valence-electron chi connectivity index (χ1n) is 13.9. The first-order chi connectivity index (χ1) is 18.5. The second-order valence-corrected chi connectivity index (χ2v) is 13.1. The van der Waals surface area contributed by atoms with Crippen molar-refractivity contribution in [3.8, 4) is 0 Å². The normalized spacial score (nSPS) is 23.5. The van der Waals surface area contributed by atoms with Crippen molar-refractivity contribution in [1.29, 1.82) is 0 Å². The molecule has 2 aromatic carbocycles. The van der Waals surface area contributed by atoms with Gasteiger partial charge in [0.1, 0.15) is 0 Å². The maximum atomic E-state index is 13.6. The monoisotopic (exact) mass is 566 g/mol. The molecule has 10 heteroatoms. The van der Waals surface area contributed by atoms with Gasteiger partial charge in [-0.3, -0.25) is 0 Å². The van der Waals surface area contributed by atoms with Gasteiger partial charge >= 0.3 is 6.18 Å². The summed E-state index contributed by atoms with van der Waals surface area (Å²) in [5, 5.41) is 6.81. The van der Waals surface area contributed by atoms with Gasteiger partial charge in [0.25, 0.3) is 0 Å². The first-order valence-corrected chi connectivity index (χ1v) is 15.5. The Bertz CT molecular complexity index is 1170. The maximum absolute atomic E-state index is 13.6. The van der Waals surface area contributed by atoms with E-state index in [9.17, 15) is 21.6 Å². The predicted octanol–water partition coefficient (Wildman–Crippen LogP) is 5.22. The van der Waals surface area contributed by atoms with Crippen LogP contribution < -0.4 is 15.4 Å². The van der Waals surface area contributed by atoms with Crippen molar-refractivity contribution in [1.82, 2.24) is 14.9 Å². The fraction of sp³-hybridized carbons (Fsp3) is 0.586. The van der Waals surface area contributed by atoms with Crippen LogP contribution in [-0.4, -0.2) is 59.3 Å². The standard InChI is InChI=1S/C29H41F3N4O2S/c1-36(2)17-16-33-15-6-18-39(37,38)34-20-21-9-12-24-25(13-10-21)28(22-7-4-3-5-8-22)35-27-14-11-23(19-26(24)27)29(30,31)32/h3-5,7-8,11,14,19,21,24-25,28,33-35H,6,9-10,12-13,15-18,20H2,1-2H3/t21-,24+,25-,28+/m1/s1. The van der Waals surface area contributed by atoms with E-state index in [0.717, 1.165) is 61.7 Å². The number of anilines is 1. The molecule has 0 radical (unpaired) electrons. The van der Waals surface area contributed by atoms with Gasteiger partial charge in [-0.2, -0.15) is 13.2 Å². The average molecular weight is 567 g/mol. The highest BCUT2D eigenvalue weighted by molar-refractivity contribution is 7.89. The van der Waals surface area contributed by atoms with Gasteiger partial charge in [-0.1, -0.05) is 30.3 Å². The lowest BCUT2D eigenvalue weighted by molar-refractivity contribution is -0.137. The van der Waals surface area contributed by atoms with Gasteiger partial charge in [0.05, 0.1) is 17.4 Å². The van der Waals surface area contributed by atoms with Crippen molar-refractivity contribution in [2.24, 2.45) is 11.8 Å². The van der Waals surface area contributed by atoms with E-state index in [2.05, 4.69) is 32.4 Å². The molecule has 3 N–H and O–H groups in total. The quantitative estimate of drug-likeness (QED) is 0.325. The SMILES string of the molecule is CN(C)CCNCCCS(=O)(=O)NC[C@H]1CC[C@@H]2[C@H](CC1)c1cc(C(F)(F)F)ccc1N[C@H]2c1ccccc1. The largest absolute Gasteiger partial charge is 0.416 e. The fourth-order valence-corrected chi connectivity index (χ4v) is 7.13. The molecule has 1 aliphatic heterocycles. The zero-order valence-electron chi connectivity index (χ0n) is 22.8. The van der Waals surface area contributed by atoms with Crippen molar-refractivity contribution >= 4 is 15.7 Å². The predicted molar refractivity (Wildman–Crippen MR) is 150 cm³/mol. The van der Waals surface area contributed by atoms with Crippen LogP contribution in [0.4, 0.5) is 18.9 Å². The van der Waals surface area contributed by atoms with E-state index in [-0.39, 0.29) is 29.5 Å². The molecule has 2 aliphatic rings. The second-order valence-electron chi connectivity index (χ2n) is 11.2. The minimum absolute atomic E-state index is 0.00382. The summed E-state index contributed by atoms with van der Waals surface area (Å²) in [6.45, 7) is 2.73. The van der Waals surface area contributed by atoms with Crippen LogP contribution >= 0.6 is 0 Å². The number of fused-ring (bicyclic) bond motifs is 3. The highest BCUT2D eigenvalue weighted by Crippen LogP contribution is 2.52. The van der Waals surface area contributed by atoms with Gasteiger partial charge < -0.3 is 15.5 Å². The molecule has 1 fully saturated rings. The van der Waals surface area contributed by atoms with Gasteiger partial charge in [0, 0.05) is 25.3 Å². The summed E-state index contributed by atoms with van der Waals surface area (Å²) in [4.78, 5) is 2.07. The van der Waals surface area contributed by atoms with E-state index >= 15 is 0 Å². The number of nitrogens with zero attached hydrogens (tertiary/aromatic N) is 1. The number of benzene rings is 2. The van der Waals surface area contributed by atoms with E-state index in [4.69, 9.17) is 0 Å². The molecule has 0 unspecified atom stereocenters. The Kier molecular flexibility index (Phi) is 9.96. The van der Waals surface area contributed by atoms with Crippen LogP contribution in [0.2, 0.25) is 0 Å². The topological polar surface area (TPSA) is 73.5 Å². The van der Waals surface area contributed by atoms with Crippen LogP contribution in [-0.2, 0) is 16.2 Å². The van der Waals surface area contributed by atoms with Crippen molar-refractivity contribution in [2.75, 3.05) is 51.3 Å². The van der Waals surface area contributed by atoms with Crippen LogP contribution in [0.1, 0.15) is 60.8 Å². The Morgan fingerprint density at radius 1 is 1.00 bits per heavy atom. The molecule has 0 amide bonds. The van der Waals surface area contributed by atoms with Crippen LogP contribution in [0.5, 0.6) is 0 Å². The van der Waals surface area contributed by atoms with Gasteiger partial charge in [0.15, 0.2) is 0 Å². The van der Waals surface area contributed by atoms with Crippen molar-refractivity contribution in [2.45, 2.75) is 50.2 Å². The summed E-state index contributed by atoms with van der Waals surface area (Å²) >= 11 is 0. The number of halogens is 3. The van der Waals surface area contributed by atoms with Gasteiger partial charge in [-0.25, -0.2) is 13.1 Å². The van der Waals surface area contributed by atoms with Crippen molar-refractivity contribution in [3.63, 3.8) is 0 Å². The summed E-state index contributed by atoms with van der Waals surface area (Å²) in [7, 11) is 0.606. The van der Waals surface area contributed by atoms with E-state index in [1.54, 1.807) is 6.07 Å². The third-order valence-electron chi connectivity index (χ3n) is 8.08. The molecule has 1 heterocycles. The van der Waals surface area contributed by atoms with Gasteiger partial charge in [-0.15, -0.1) is 0 Å². The molecule has 0 saturated heterocycles. The Hall–Kier alpha value is -2.14. The summed E-state index contributed by atoms with van der Waals surface area (Å²) < 4.78 is 68.8. The average Bonchev–Trinajstić information content (AvgIpc) is 3.12. The summed E-state index contributed by atoms with van der Waals surface area (Å²) in [5.74, 6) is 0.323. The molecule has 2 aromatic rings. The molecule has 216 valence electrons. The Balaban J connectivity index is 1.42. The third kappa shape index (κ3) is 8.19. The van der Waals surface area contributed by atoms with Crippen LogP contribution in [0.3, 0.4) is 0 Å². The molecule has 4 rings (SSSR count). The number of likely N-dealkylation sites (N-methyl/N-ethyl adjacent to an activating group) is 1. The highest BCUT2D eigenvalue weighted by Gasteiger charge is 2.41. The highest BCUT2D eigenvalue weighted by atomic mass is 32.2. The number of nitrogens with one attached hydrogen (secondary N) is 3. The Labute approximate surface area is 230 Å². The first kappa shape index (κ1) is 29.8. The Morgan fingerprint density at radius 3 is 2.46 bits per heavy atom. The molecule has 1 aliphatic carbocycles. The third-order valence-corrected chi connectivity index (χ3v) is 9.51. The van der Waals surface area contributed by atoms with E-state index in [0.29, 0.717) is 19.5 Å². The minimum Gasteiger partial charge on any atom is -0.378 e. The Morgan fingerprint density at radius 2 is 1.74 bits per heavy atom. The fourth-order valence-electron chi connectivity index (χ4n) is 5.97. The van der Waals surface area contributed by atoms with Crippen LogP contribution in [0.15, 0.2) is 48.5 Å². The molecule has 6 nitrogen and oxygen atoms in total.